The average molecular weight is 613 g/mol. The average Bonchev–Trinajstić information content (AvgIpc) is 3.76. The summed E-state index contributed by atoms with van der Waals surface area (Å²) in [6.45, 7) is 4.02. The summed E-state index contributed by atoms with van der Waals surface area (Å²) in [7, 11) is 6.78. The summed E-state index contributed by atoms with van der Waals surface area (Å²) < 4.78 is 0. The zero-order chi connectivity index (χ0) is 31.6. The van der Waals surface area contributed by atoms with E-state index in [-0.39, 0.29) is 23.6 Å². The Morgan fingerprint density at radius 2 is 0.889 bits per heavy atom. The monoisotopic (exact) mass is 612 g/mol. The maximum Gasteiger partial charge on any atom is 0.259 e. The largest absolute Gasteiger partial charge is 0.311 e. The van der Waals surface area contributed by atoms with Crippen molar-refractivity contribution in [1.82, 2.24) is 0 Å². The molecule has 4 amide bonds. The molecule has 8 rings (SSSR count). The smallest absolute Gasteiger partial charge is 0.259 e. The molecule has 0 aliphatic carbocycles. The number of nitrogens with zero attached hydrogens (tertiary/aromatic N) is 4. The van der Waals surface area contributed by atoms with Gasteiger partial charge >= 0.3 is 0 Å². The lowest BCUT2D eigenvalue weighted by atomic mass is 9.92. The van der Waals surface area contributed by atoms with Gasteiger partial charge in [-0.05, 0) is 61.4 Å². The van der Waals surface area contributed by atoms with Crippen LogP contribution in [0, 0.1) is 13.8 Å². The van der Waals surface area contributed by atoms with Gasteiger partial charge in [0.05, 0.1) is 45.0 Å². The van der Waals surface area contributed by atoms with Crippen LogP contribution in [0.15, 0.2) is 60.7 Å². The first kappa shape index (κ1) is 27.3. The summed E-state index contributed by atoms with van der Waals surface area (Å²) in [5.74, 6) is -1.09. The molecule has 0 bridgehead atoms. The fourth-order valence-electron chi connectivity index (χ4n) is 6.96. The van der Waals surface area contributed by atoms with Crippen molar-refractivity contribution < 1.29 is 19.2 Å². The molecular formula is C36H28N4O4S. The van der Waals surface area contributed by atoms with Gasteiger partial charge in [0.2, 0.25) is 0 Å². The Balaban J connectivity index is 1.33. The summed E-state index contributed by atoms with van der Waals surface area (Å²) in [5, 5.41) is 0. The van der Waals surface area contributed by atoms with Crippen molar-refractivity contribution in [3.8, 4) is 10.4 Å². The Morgan fingerprint density at radius 1 is 0.467 bits per heavy atom. The fourth-order valence-corrected chi connectivity index (χ4v) is 7.83. The normalized spacial score (nSPS) is 20.1. The van der Waals surface area contributed by atoms with E-state index in [1.165, 1.54) is 14.7 Å². The number of thiophene rings is 1. The van der Waals surface area contributed by atoms with Gasteiger partial charge in [0.25, 0.3) is 23.6 Å². The number of amides is 4. The Bertz CT molecular complexity index is 2190. The molecule has 0 atom stereocenters. The number of hydrogen-bond acceptors (Lipinski definition) is 5. The molecule has 4 aliphatic heterocycles. The highest BCUT2D eigenvalue weighted by atomic mass is 32.1. The van der Waals surface area contributed by atoms with Crippen molar-refractivity contribution >= 4 is 80.0 Å². The van der Waals surface area contributed by atoms with Gasteiger partial charge in [-0.1, -0.05) is 24.3 Å². The molecular weight excluding hydrogens is 584 g/mol. The lowest BCUT2D eigenvalue weighted by molar-refractivity contribution is -0.114. The molecule has 0 saturated carbocycles. The zero-order valence-electron chi connectivity index (χ0n) is 25.6. The number of fused-ring (bicyclic) bond motifs is 4. The van der Waals surface area contributed by atoms with Crippen molar-refractivity contribution in [3.63, 3.8) is 0 Å². The van der Waals surface area contributed by atoms with Crippen molar-refractivity contribution in [2.75, 3.05) is 47.8 Å². The Kier molecular flexibility index (Phi) is 5.53. The van der Waals surface area contributed by atoms with Crippen LogP contribution < -0.4 is 19.6 Å². The lowest BCUT2D eigenvalue weighted by Gasteiger charge is -2.13. The summed E-state index contributed by atoms with van der Waals surface area (Å²) in [5.41, 5.74) is 8.59. The number of carbonyl (C=O) groups is 4. The SMILES string of the molecule is Cc1ccc2c(c1)N(C)C(=O)/C2=C1/C(=O)N(C)c2cc3c(cc21)N(C)C(=O)/C3=C1/C(=O)N(C)c2cc(-c3ccc(C)s3)ccc21. The fraction of sp³-hybridized carbons (Fsp3) is 0.167. The number of anilines is 4. The van der Waals surface area contributed by atoms with Crippen LogP contribution in [0.5, 0.6) is 0 Å². The molecule has 0 unspecified atom stereocenters. The lowest BCUT2D eigenvalue weighted by Crippen LogP contribution is -2.24. The summed E-state index contributed by atoms with van der Waals surface area (Å²) in [4.78, 5) is 63.7. The molecule has 1 aromatic heterocycles. The van der Waals surface area contributed by atoms with E-state index in [0.29, 0.717) is 55.9 Å². The first-order valence-corrected chi connectivity index (χ1v) is 15.4. The van der Waals surface area contributed by atoms with Gasteiger partial charge in [-0.2, -0.15) is 0 Å². The molecule has 0 saturated heterocycles. The van der Waals surface area contributed by atoms with Gasteiger partial charge < -0.3 is 19.6 Å². The highest BCUT2D eigenvalue weighted by Gasteiger charge is 2.45. The first-order valence-electron chi connectivity index (χ1n) is 14.6. The third-order valence-electron chi connectivity index (χ3n) is 9.39. The van der Waals surface area contributed by atoms with Crippen LogP contribution in [-0.4, -0.2) is 51.8 Å². The minimum Gasteiger partial charge on any atom is -0.311 e. The molecule has 0 radical (unpaired) electrons. The molecule has 4 aromatic rings. The maximum absolute atomic E-state index is 14.0. The summed E-state index contributed by atoms with van der Waals surface area (Å²) >= 11 is 1.69. The highest BCUT2D eigenvalue weighted by Crippen LogP contribution is 2.52. The second kappa shape index (κ2) is 9.12. The van der Waals surface area contributed by atoms with E-state index < -0.39 is 0 Å². The second-order valence-electron chi connectivity index (χ2n) is 12.0. The summed E-state index contributed by atoms with van der Waals surface area (Å²) in [6, 6.07) is 19.4. The van der Waals surface area contributed by atoms with Crippen LogP contribution in [0.25, 0.3) is 32.7 Å². The van der Waals surface area contributed by atoms with Gasteiger partial charge in [-0.25, -0.2) is 0 Å². The molecule has 0 fully saturated rings. The van der Waals surface area contributed by atoms with E-state index in [1.54, 1.807) is 49.3 Å². The maximum atomic E-state index is 14.0. The Morgan fingerprint density at radius 3 is 1.36 bits per heavy atom. The van der Waals surface area contributed by atoms with E-state index in [0.717, 1.165) is 27.4 Å². The Hall–Kier alpha value is -5.28. The van der Waals surface area contributed by atoms with Crippen LogP contribution in [0.4, 0.5) is 22.7 Å². The van der Waals surface area contributed by atoms with E-state index >= 15 is 0 Å². The predicted molar refractivity (Wildman–Crippen MR) is 179 cm³/mol. The molecule has 4 aliphatic rings. The van der Waals surface area contributed by atoms with Gasteiger partial charge in [-0.15, -0.1) is 11.3 Å². The molecule has 5 heterocycles. The number of aryl methyl sites for hydroxylation is 2. The molecule has 0 N–H and O–H groups in total. The number of hydrogen-bond donors (Lipinski definition) is 0. The van der Waals surface area contributed by atoms with Crippen molar-refractivity contribution in [3.05, 3.63) is 93.4 Å². The van der Waals surface area contributed by atoms with Crippen LogP contribution >= 0.6 is 11.3 Å². The molecule has 222 valence electrons. The summed E-state index contributed by atoms with van der Waals surface area (Å²) in [6.07, 6.45) is 0. The predicted octanol–water partition coefficient (Wildman–Crippen LogP) is 5.76. The van der Waals surface area contributed by atoms with Crippen LogP contribution in [0.3, 0.4) is 0 Å². The molecule has 45 heavy (non-hydrogen) atoms. The Labute approximate surface area is 264 Å². The zero-order valence-corrected chi connectivity index (χ0v) is 26.4. The van der Waals surface area contributed by atoms with E-state index in [4.69, 9.17) is 0 Å². The van der Waals surface area contributed by atoms with Crippen molar-refractivity contribution in [1.29, 1.82) is 0 Å². The minimum atomic E-state index is -0.295. The molecule has 3 aromatic carbocycles. The molecule has 9 heteroatoms. The quantitative estimate of drug-likeness (QED) is 0.256. The van der Waals surface area contributed by atoms with Gasteiger partial charge in [0.1, 0.15) is 0 Å². The van der Waals surface area contributed by atoms with Crippen molar-refractivity contribution in [2.45, 2.75) is 13.8 Å². The van der Waals surface area contributed by atoms with Gasteiger partial charge in [0.15, 0.2) is 0 Å². The van der Waals surface area contributed by atoms with E-state index in [9.17, 15) is 19.2 Å². The number of likely N-dealkylation sites (N-methyl/N-ethyl adjacent to an activating group) is 4. The topological polar surface area (TPSA) is 81.2 Å². The second-order valence-corrected chi connectivity index (χ2v) is 13.3. The molecule has 8 nitrogen and oxygen atoms in total. The van der Waals surface area contributed by atoms with Crippen LogP contribution in [-0.2, 0) is 19.2 Å². The number of benzene rings is 3. The van der Waals surface area contributed by atoms with Gasteiger partial charge in [0, 0.05) is 60.2 Å². The van der Waals surface area contributed by atoms with Crippen LogP contribution in [0.2, 0.25) is 0 Å². The van der Waals surface area contributed by atoms with Gasteiger partial charge in [-0.3, -0.25) is 19.2 Å². The van der Waals surface area contributed by atoms with Crippen LogP contribution in [0.1, 0.15) is 32.7 Å². The standard InChI is InChI=1S/C36H28N4O4S/c1-17-7-10-20-24(13-17)37(3)33(41)29(20)31-22-15-27-23(16-26(22)39(5)35(31)43)32(36(44)40(27)6)30-21-11-9-19(28-12-8-18(2)45-28)14-25(21)38(4)34(30)42/h7-16H,1-6H3/b31-29+,32-30+. The highest BCUT2D eigenvalue weighted by molar-refractivity contribution is 7.15. The van der Waals surface area contributed by atoms with E-state index in [2.05, 4.69) is 19.1 Å². The molecule has 0 spiro atoms. The van der Waals surface area contributed by atoms with E-state index in [1.807, 2.05) is 55.5 Å². The minimum absolute atomic E-state index is 0.249. The third-order valence-corrected chi connectivity index (χ3v) is 10.4. The van der Waals surface area contributed by atoms with Crippen molar-refractivity contribution in [2.24, 2.45) is 0 Å². The first-order chi connectivity index (χ1) is 21.5. The number of carbonyl (C=O) groups excluding carboxylic acids is 4. The third kappa shape index (κ3) is 3.52. The number of rotatable bonds is 1.